The third-order valence-corrected chi connectivity index (χ3v) is 14.7. The van der Waals surface area contributed by atoms with Crippen LogP contribution in [0.1, 0.15) is 134 Å². The number of ketones is 1. The number of likely N-dealkylation sites (N-methyl/N-ethyl adjacent to an activating group) is 3. The number of nitrogens with zero attached hydrogens (tertiary/aromatic N) is 3. The fourth-order valence-corrected chi connectivity index (χ4v) is 9.03. The van der Waals surface area contributed by atoms with Gasteiger partial charge in [-0.1, -0.05) is 90.9 Å². The number of ether oxygens (including phenoxy) is 4. The maximum absolute atomic E-state index is 14.5. The van der Waals surface area contributed by atoms with Crippen molar-refractivity contribution in [3.05, 3.63) is 65.7 Å². The van der Waals surface area contributed by atoms with Crippen LogP contribution in [0.5, 0.6) is 5.75 Å². The van der Waals surface area contributed by atoms with Crippen LogP contribution in [0.15, 0.2) is 54.6 Å². The third kappa shape index (κ3) is 22.7. The van der Waals surface area contributed by atoms with E-state index < -0.39 is 149 Å². The number of rotatable bonds is 32. The number of hydrogen-bond donors (Lipinski definition) is 5. The van der Waals surface area contributed by atoms with E-state index in [1.807, 2.05) is 44.2 Å². The molecule has 0 radical (unpaired) electrons. The largest absolute Gasteiger partial charge is 0.497 e. The number of hydrogen-bond acceptors (Lipinski definition) is 15. The molecule has 0 aromatic heterocycles. The molecule has 8 amide bonds. The molecule has 474 valence electrons. The minimum Gasteiger partial charge on any atom is -0.497 e. The zero-order chi connectivity index (χ0) is 64.8. The molecule has 0 bridgehead atoms. The van der Waals surface area contributed by atoms with Crippen LogP contribution in [-0.4, -0.2) is 169 Å². The molecule has 0 saturated heterocycles. The average Bonchev–Trinajstić information content (AvgIpc) is 3.15. The number of Topliss-reactive ketones (excluding diaryl/α,β-unsaturated/α-hetero) is 1. The molecule has 0 aliphatic carbocycles. The normalized spacial score (nSPS) is 14.7. The molecular weight excluding hydrogens is 1100 g/mol. The van der Waals surface area contributed by atoms with Crippen molar-refractivity contribution in [2.75, 3.05) is 41.3 Å². The van der Waals surface area contributed by atoms with Gasteiger partial charge in [0.1, 0.15) is 47.5 Å². The number of amides is 8. The van der Waals surface area contributed by atoms with Gasteiger partial charge in [-0.05, 0) is 110 Å². The average molecular weight is 1190 g/mol. The molecule has 2 aromatic rings. The van der Waals surface area contributed by atoms with E-state index in [2.05, 4.69) is 26.6 Å². The molecule has 2 aromatic carbocycles. The summed E-state index contributed by atoms with van der Waals surface area (Å²) in [5.74, 6) is -8.38. The molecule has 0 spiro atoms. The summed E-state index contributed by atoms with van der Waals surface area (Å²) in [6, 6.07) is 9.77. The van der Waals surface area contributed by atoms with Crippen molar-refractivity contribution in [1.29, 1.82) is 0 Å². The highest BCUT2D eigenvalue weighted by atomic mass is 16.6. The maximum atomic E-state index is 14.5. The van der Waals surface area contributed by atoms with Crippen molar-refractivity contribution >= 4 is 65.2 Å². The highest BCUT2D eigenvalue weighted by Crippen LogP contribution is 2.23. The molecule has 23 nitrogen and oxygen atoms in total. The van der Waals surface area contributed by atoms with E-state index in [0.717, 1.165) is 16.0 Å². The Morgan fingerprint density at radius 3 is 1.68 bits per heavy atom. The fraction of sp³-hybridized carbons (Fsp3) is 0.629. The van der Waals surface area contributed by atoms with Gasteiger partial charge in [-0.2, -0.15) is 0 Å². The molecule has 85 heavy (non-hydrogen) atoms. The van der Waals surface area contributed by atoms with Crippen molar-refractivity contribution in [2.24, 2.45) is 29.1 Å². The van der Waals surface area contributed by atoms with E-state index in [1.54, 1.807) is 79.7 Å². The zero-order valence-corrected chi connectivity index (χ0v) is 53.5. The van der Waals surface area contributed by atoms with Gasteiger partial charge in [0, 0.05) is 39.5 Å². The maximum Gasteiger partial charge on any atom is 0.408 e. The van der Waals surface area contributed by atoms with Crippen LogP contribution in [-0.2, 0) is 75.2 Å². The van der Waals surface area contributed by atoms with Crippen LogP contribution < -0.4 is 31.3 Å². The standard InChI is InChI=1S/C62H96N8O15/c1-20-38(7)51(84-57(78)39(8)45(21-2)67-53(74)41(10)65-59(80)62(14,15)52(73)40(9)66-60(81)85-61(11,12)13)55(76)64-33-48(71)68(16)46(31-36(3)4)54(75)63-34-49(72)70(18)50(37(5)6)56(77)69(17)47(32-42-27-29-44(82-19)30-28-42)58(79)83-35-43-25-23-22-24-26-43/h22-30,36-41,45-47,50-51H,20-21,31-35H2,1-19H3,(H,63,75)(H,64,76)(H,65,80)(H,66,81)(H,67,74)/t38-,39-,40-,41-,45+,46-,47-,50-,51-/m0/s1. The molecule has 5 N–H and O–H groups in total. The van der Waals surface area contributed by atoms with Crippen LogP contribution >= 0.6 is 0 Å². The second-order valence-corrected chi connectivity index (χ2v) is 24.0. The molecule has 0 heterocycles. The lowest BCUT2D eigenvalue weighted by atomic mass is 9.83. The minimum absolute atomic E-state index is 0.0259. The molecule has 2 rings (SSSR count). The van der Waals surface area contributed by atoms with Gasteiger partial charge in [-0.15, -0.1) is 0 Å². The van der Waals surface area contributed by atoms with Gasteiger partial charge < -0.3 is 60.2 Å². The first-order valence-electron chi connectivity index (χ1n) is 29.1. The number of carbonyl (C=O) groups excluding carboxylic acids is 11. The van der Waals surface area contributed by atoms with Crippen molar-refractivity contribution in [2.45, 2.75) is 184 Å². The van der Waals surface area contributed by atoms with Gasteiger partial charge in [-0.25, -0.2) is 9.59 Å². The SMILES string of the molecule is CC[C@H](C)[C@H](OC(=O)[C@@H](C)[C@@H](CC)NC(=O)[C@H](C)NC(=O)C(C)(C)C(=O)[C@H](C)NC(=O)OC(C)(C)C)C(=O)NCC(=O)N(C)[C@@H](CC(C)C)C(=O)NCC(=O)N(C)[C@H](C(=O)N(C)[C@@H](Cc1ccc(OC)cc1)C(=O)OCc1ccccc1)C(C)C. The molecule has 0 fully saturated rings. The van der Waals surface area contributed by atoms with Crippen LogP contribution in [0.3, 0.4) is 0 Å². The Morgan fingerprint density at radius 1 is 0.600 bits per heavy atom. The number of esters is 2. The van der Waals surface area contributed by atoms with Crippen LogP contribution in [0.25, 0.3) is 0 Å². The molecular formula is C62H96N8O15. The van der Waals surface area contributed by atoms with E-state index in [4.69, 9.17) is 18.9 Å². The topological polar surface area (TPSA) is 295 Å². The van der Waals surface area contributed by atoms with Crippen LogP contribution in [0, 0.1) is 29.1 Å². The molecule has 0 aliphatic rings. The second kappa shape index (κ2) is 33.8. The van der Waals surface area contributed by atoms with Gasteiger partial charge in [0.15, 0.2) is 11.9 Å². The predicted molar refractivity (Wildman–Crippen MR) is 319 cm³/mol. The Morgan fingerprint density at radius 2 is 1.16 bits per heavy atom. The molecule has 23 heteroatoms. The highest BCUT2D eigenvalue weighted by Gasteiger charge is 2.42. The lowest BCUT2D eigenvalue weighted by molar-refractivity contribution is -0.163. The van der Waals surface area contributed by atoms with E-state index in [1.165, 1.54) is 72.7 Å². The van der Waals surface area contributed by atoms with Gasteiger partial charge in [0.2, 0.25) is 35.4 Å². The first kappa shape index (κ1) is 73.5. The minimum atomic E-state index is -1.68. The summed E-state index contributed by atoms with van der Waals surface area (Å²) in [6.45, 7) is 23.2. The van der Waals surface area contributed by atoms with Crippen molar-refractivity contribution < 1.29 is 71.7 Å². The van der Waals surface area contributed by atoms with Crippen LogP contribution in [0.2, 0.25) is 0 Å². The first-order chi connectivity index (χ1) is 39.5. The summed E-state index contributed by atoms with van der Waals surface area (Å²) >= 11 is 0. The quantitative estimate of drug-likeness (QED) is 0.0370. The molecule has 0 aliphatic heterocycles. The Bertz CT molecular complexity index is 2600. The van der Waals surface area contributed by atoms with E-state index >= 15 is 0 Å². The van der Waals surface area contributed by atoms with E-state index in [0.29, 0.717) is 12.2 Å². The summed E-state index contributed by atoms with van der Waals surface area (Å²) in [7, 11) is 5.84. The van der Waals surface area contributed by atoms with Crippen molar-refractivity contribution in [1.82, 2.24) is 41.3 Å². The van der Waals surface area contributed by atoms with Gasteiger partial charge in [0.25, 0.3) is 5.91 Å². The number of nitrogens with one attached hydrogen (secondary N) is 5. The number of benzene rings is 2. The monoisotopic (exact) mass is 1190 g/mol. The Kier molecular flexibility index (Phi) is 29.2. The fourth-order valence-electron chi connectivity index (χ4n) is 9.03. The number of carbonyl (C=O) groups is 11. The van der Waals surface area contributed by atoms with Gasteiger partial charge in [-0.3, -0.25) is 43.2 Å². The molecule has 9 atom stereocenters. The lowest BCUT2D eigenvalue weighted by Crippen LogP contribution is -2.57. The van der Waals surface area contributed by atoms with Crippen LogP contribution in [0.4, 0.5) is 4.79 Å². The lowest BCUT2D eigenvalue weighted by Gasteiger charge is -2.36. The van der Waals surface area contributed by atoms with Gasteiger partial charge >= 0.3 is 18.0 Å². The number of methoxy groups -OCH3 is 1. The van der Waals surface area contributed by atoms with E-state index in [-0.39, 0.29) is 31.8 Å². The summed E-state index contributed by atoms with van der Waals surface area (Å²) in [4.78, 5) is 153. The van der Waals surface area contributed by atoms with Crippen molar-refractivity contribution in [3.8, 4) is 5.75 Å². The Balaban J connectivity index is 2.16. The highest BCUT2D eigenvalue weighted by molar-refractivity contribution is 6.09. The Labute approximate surface area is 502 Å². The molecule has 0 saturated carbocycles. The molecule has 0 unspecified atom stereocenters. The number of alkyl carbamates (subject to hydrolysis) is 1. The smallest absolute Gasteiger partial charge is 0.408 e. The predicted octanol–water partition coefficient (Wildman–Crippen LogP) is 4.90. The first-order valence-corrected chi connectivity index (χ1v) is 29.1. The Hall–Kier alpha value is -7.59. The summed E-state index contributed by atoms with van der Waals surface area (Å²) < 4.78 is 22.0. The van der Waals surface area contributed by atoms with E-state index in [9.17, 15) is 52.7 Å². The summed E-state index contributed by atoms with van der Waals surface area (Å²) in [6.07, 6.45) is -1.34. The third-order valence-electron chi connectivity index (χ3n) is 14.7. The second-order valence-electron chi connectivity index (χ2n) is 24.0. The van der Waals surface area contributed by atoms with Crippen molar-refractivity contribution in [3.63, 3.8) is 0 Å². The summed E-state index contributed by atoms with van der Waals surface area (Å²) in [5, 5.41) is 12.9. The summed E-state index contributed by atoms with van der Waals surface area (Å²) in [5.41, 5.74) is -1.02. The zero-order valence-electron chi connectivity index (χ0n) is 53.5. The van der Waals surface area contributed by atoms with Gasteiger partial charge in [0.05, 0.1) is 32.2 Å².